The van der Waals surface area contributed by atoms with E-state index in [0.717, 1.165) is 32.0 Å². The molecular formula is C19H25ClN4O4. The Morgan fingerprint density at radius 2 is 2.04 bits per heavy atom. The number of carbonyl (C=O) groups excluding carboxylic acids is 1. The molecule has 1 aromatic carbocycles. The number of hydrogen-bond donors (Lipinski definition) is 4. The van der Waals surface area contributed by atoms with Gasteiger partial charge >= 0.3 is 0 Å². The molecule has 1 fully saturated rings. The van der Waals surface area contributed by atoms with E-state index in [2.05, 4.69) is 27.7 Å². The molecule has 0 saturated carbocycles. The summed E-state index contributed by atoms with van der Waals surface area (Å²) in [5.41, 5.74) is 1.33. The van der Waals surface area contributed by atoms with Gasteiger partial charge in [-0.05, 0) is 46.0 Å². The molecule has 1 aromatic heterocycles. The maximum Gasteiger partial charge on any atom is 0.226 e. The van der Waals surface area contributed by atoms with Crippen molar-refractivity contribution in [2.24, 2.45) is 0 Å². The van der Waals surface area contributed by atoms with E-state index in [4.69, 9.17) is 16.1 Å². The van der Waals surface area contributed by atoms with E-state index >= 15 is 0 Å². The minimum Gasteiger partial charge on any atom is -0.507 e. The van der Waals surface area contributed by atoms with Gasteiger partial charge in [-0.2, -0.15) is 0 Å². The summed E-state index contributed by atoms with van der Waals surface area (Å²) in [5.74, 6) is -0.289. The number of aromatic hydroxyl groups is 2. The second-order valence-electron chi connectivity index (χ2n) is 7.01. The highest BCUT2D eigenvalue weighted by Gasteiger charge is 2.26. The zero-order chi connectivity index (χ0) is 20.3. The molecule has 0 bridgehead atoms. The first-order chi connectivity index (χ1) is 13.4. The van der Waals surface area contributed by atoms with Crippen molar-refractivity contribution >= 4 is 23.2 Å². The number of likely N-dealkylation sites (tertiary alicyclic amines) is 1. The first-order valence-electron chi connectivity index (χ1n) is 9.31. The van der Waals surface area contributed by atoms with E-state index < -0.39 is 0 Å². The third kappa shape index (κ3) is 4.51. The van der Waals surface area contributed by atoms with Gasteiger partial charge in [-0.1, -0.05) is 16.8 Å². The number of aromatic nitrogens is 1. The molecule has 2 aromatic rings. The van der Waals surface area contributed by atoms with Crippen LogP contribution in [0.4, 0.5) is 5.69 Å². The van der Waals surface area contributed by atoms with Crippen LogP contribution in [0.2, 0.25) is 5.02 Å². The van der Waals surface area contributed by atoms with Gasteiger partial charge < -0.3 is 30.3 Å². The SMILES string of the molecule is CCNC(=O)Cc1noc(-c2cc(Cl)c(O)cc2O)c1NC1CCN(C)CC1. The van der Waals surface area contributed by atoms with E-state index in [1.165, 1.54) is 6.07 Å². The molecule has 0 radical (unpaired) electrons. The van der Waals surface area contributed by atoms with Crippen LogP contribution in [-0.2, 0) is 11.2 Å². The molecule has 0 aliphatic carbocycles. The largest absolute Gasteiger partial charge is 0.507 e. The molecule has 3 rings (SSSR count). The average molecular weight is 409 g/mol. The van der Waals surface area contributed by atoms with Crippen LogP contribution in [-0.4, -0.2) is 58.9 Å². The molecule has 2 heterocycles. The van der Waals surface area contributed by atoms with E-state index in [1.807, 2.05) is 6.92 Å². The van der Waals surface area contributed by atoms with E-state index in [0.29, 0.717) is 23.5 Å². The Balaban J connectivity index is 1.96. The molecule has 1 saturated heterocycles. The number of hydrogen-bond acceptors (Lipinski definition) is 7. The van der Waals surface area contributed by atoms with Gasteiger partial charge in [-0.15, -0.1) is 0 Å². The zero-order valence-electron chi connectivity index (χ0n) is 16.0. The molecule has 1 aliphatic rings. The maximum absolute atomic E-state index is 12.1. The number of benzene rings is 1. The fourth-order valence-corrected chi connectivity index (χ4v) is 3.44. The van der Waals surface area contributed by atoms with Crippen LogP contribution in [0.5, 0.6) is 11.5 Å². The Labute approximate surface area is 168 Å². The lowest BCUT2D eigenvalue weighted by Gasteiger charge is -2.30. The first kappa shape index (κ1) is 20.3. The average Bonchev–Trinajstić information content (AvgIpc) is 3.02. The lowest BCUT2D eigenvalue weighted by atomic mass is 10.0. The topological polar surface area (TPSA) is 111 Å². The van der Waals surface area contributed by atoms with Crippen molar-refractivity contribution < 1.29 is 19.5 Å². The number of carbonyl (C=O) groups is 1. The van der Waals surface area contributed by atoms with E-state index in [-0.39, 0.29) is 40.7 Å². The van der Waals surface area contributed by atoms with Crippen molar-refractivity contribution in [2.75, 3.05) is 32.0 Å². The van der Waals surface area contributed by atoms with Crippen molar-refractivity contribution in [2.45, 2.75) is 32.2 Å². The van der Waals surface area contributed by atoms with Gasteiger partial charge in [-0.3, -0.25) is 4.79 Å². The molecule has 28 heavy (non-hydrogen) atoms. The minimum atomic E-state index is -0.227. The van der Waals surface area contributed by atoms with Gasteiger partial charge in [-0.25, -0.2) is 0 Å². The van der Waals surface area contributed by atoms with Crippen LogP contribution < -0.4 is 10.6 Å². The number of amides is 1. The normalized spacial score (nSPS) is 15.5. The van der Waals surface area contributed by atoms with Gasteiger partial charge in [0.15, 0.2) is 5.76 Å². The summed E-state index contributed by atoms with van der Waals surface area (Å²) < 4.78 is 5.50. The van der Waals surface area contributed by atoms with Crippen molar-refractivity contribution in [1.29, 1.82) is 0 Å². The number of phenols is 2. The number of halogens is 1. The van der Waals surface area contributed by atoms with Gasteiger partial charge in [0.25, 0.3) is 0 Å². The Morgan fingerprint density at radius 3 is 2.71 bits per heavy atom. The minimum absolute atomic E-state index is 0.0544. The number of rotatable bonds is 6. The predicted molar refractivity (Wildman–Crippen MR) is 107 cm³/mol. The Hall–Kier alpha value is -2.45. The summed E-state index contributed by atoms with van der Waals surface area (Å²) in [5, 5.41) is 30.3. The number of phenolic OH excluding ortho intramolecular Hbond substituents is 2. The van der Waals surface area contributed by atoms with Crippen LogP contribution in [0.1, 0.15) is 25.5 Å². The molecule has 8 nitrogen and oxygen atoms in total. The quantitative estimate of drug-likeness (QED) is 0.581. The Kier molecular flexibility index (Phi) is 6.31. The van der Waals surface area contributed by atoms with Crippen LogP contribution in [0.25, 0.3) is 11.3 Å². The first-order valence-corrected chi connectivity index (χ1v) is 9.69. The lowest BCUT2D eigenvalue weighted by Crippen LogP contribution is -2.37. The highest BCUT2D eigenvalue weighted by Crippen LogP contribution is 2.42. The molecule has 0 spiro atoms. The van der Waals surface area contributed by atoms with Gasteiger partial charge in [0.1, 0.15) is 22.9 Å². The van der Waals surface area contributed by atoms with Crippen LogP contribution in [0, 0.1) is 0 Å². The molecule has 1 amide bonds. The number of piperidine rings is 1. The lowest BCUT2D eigenvalue weighted by molar-refractivity contribution is -0.120. The molecule has 4 N–H and O–H groups in total. The summed E-state index contributed by atoms with van der Waals surface area (Å²) in [6.07, 6.45) is 1.92. The smallest absolute Gasteiger partial charge is 0.226 e. The maximum atomic E-state index is 12.1. The third-order valence-corrected chi connectivity index (χ3v) is 5.14. The van der Waals surface area contributed by atoms with Gasteiger partial charge in [0.05, 0.1) is 17.0 Å². The van der Waals surface area contributed by atoms with E-state index in [1.54, 1.807) is 0 Å². The van der Waals surface area contributed by atoms with Crippen LogP contribution >= 0.6 is 11.6 Å². The van der Waals surface area contributed by atoms with Crippen molar-refractivity contribution in [3.63, 3.8) is 0 Å². The van der Waals surface area contributed by atoms with Crippen LogP contribution in [0.15, 0.2) is 16.7 Å². The standard InChI is InChI=1S/C19H25ClN4O4/c1-3-21-17(27)9-14-18(22-11-4-6-24(2)7-5-11)19(28-23-14)12-8-13(20)16(26)10-15(12)25/h8,10-11,22,25-26H,3-7,9H2,1-2H3,(H,21,27). The fraction of sp³-hybridized carbons (Fsp3) is 0.474. The van der Waals surface area contributed by atoms with Gasteiger partial charge in [0, 0.05) is 18.7 Å². The molecule has 0 atom stereocenters. The summed E-state index contributed by atoms with van der Waals surface area (Å²) in [7, 11) is 2.08. The highest BCUT2D eigenvalue weighted by atomic mass is 35.5. The second kappa shape index (κ2) is 8.70. The van der Waals surface area contributed by atoms with Gasteiger partial charge in [0.2, 0.25) is 5.91 Å². The highest BCUT2D eigenvalue weighted by molar-refractivity contribution is 6.32. The number of nitrogens with zero attached hydrogens (tertiary/aromatic N) is 2. The molecule has 1 aliphatic heterocycles. The van der Waals surface area contributed by atoms with Crippen molar-refractivity contribution in [3.05, 3.63) is 22.8 Å². The second-order valence-corrected chi connectivity index (χ2v) is 7.41. The number of likely N-dealkylation sites (N-methyl/N-ethyl adjacent to an activating group) is 1. The fourth-order valence-electron chi connectivity index (χ4n) is 3.28. The molecular weight excluding hydrogens is 384 g/mol. The summed E-state index contributed by atoms with van der Waals surface area (Å²) in [6.45, 7) is 4.29. The summed E-state index contributed by atoms with van der Waals surface area (Å²) in [4.78, 5) is 14.3. The molecule has 9 heteroatoms. The van der Waals surface area contributed by atoms with Crippen LogP contribution in [0.3, 0.4) is 0 Å². The van der Waals surface area contributed by atoms with Crippen molar-refractivity contribution in [3.8, 4) is 22.8 Å². The van der Waals surface area contributed by atoms with Crippen molar-refractivity contribution in [1.82, 2.24) is 15.4 Å². The molecule has 152 valence electrons. The van der Waals surface area contributed by atoms with E-state index in [9.17, 15) is 15.0 Å². The number of nitrogens with one attached hydrogen (secondary N) is 2. The zero-order valence-corrected chi connectivity index (χ0v) is 16.7. The Bertz CT molecular complexity index is 847. The predicted octanol–water partition coefficient (Wildman–Crippen LogP) is 2.59. The summed E-state index contributed by atoms with van der Waals surface area (Å²) >= 11 is 6.02. The summed E-state index contributed by atoms with van der Waals surface area (Å²) in [6, 6.07) is 2.77. The molecule has 0 unspecified atom stereocenters. The Morgan fingerprint density at radius 1 is 1.32 bits per heavy atom. The third-order valence-electron chi connectivity index (χ3n) is 4.84. The monoisotopic (exact) mass is 408 g/mol. The number of anilines is 1.